The quantitative estimate of drug-likeness (QED) is 0.593. The molecular formula is C19H26N4OS2. The largest absolute Gasteiger partial charge is 0.339 e. The van der Waals surface area contributed by atoms with Crippen LogP contribution in [0.25, 0.3) is 10.2 Å². The van der Waals surface area contributed by atoms with E-state index in [0.717, 1.165) is 55.4 Å². The number of aromatic nitrogens is 2. The van der Waals surface area contributed by atoms with Gasteiger partial charge in [0, 0.05) is 36.4 Å². The van der Waals surface area contributed by atoms with Crippen molar-refractivity contribution in [2.75, 3.05) is 32.7 Å². The summed E-state index contributed by atoms with van der Waals surface area (Å²) in [7, 11) is 0. The van der Waals surface area contributed by atoms with Gasteiger partial charge in [0.25, 0.3) is 0 Å². The van der Waals surface area contributed by atoms with Gasteiger partial charge in [0.1, 0.15) is 16.2 Å². The van der Waals surface area contributed by atoms with Crippen LogP contribution in [0, 0.1) is 0 Å². The molecule has 1 atom stereocenters. The fourth-order valence-electron chi connectivity index (χ4n) is 3.91. The van der Waals surface area contributed by atoms with E-state index >= 15 is 0 Å². The van der Waals surface area contributed by atoms with Gasteiger partial charge in [-0.2, -0.15) is 0 Å². The Balaban J connectivity index is 1.52. The van der Waals surface area contributed by atoms with E-state index in [1.165, 1.54) is 28.7 Å². The zero-order chi connectivity index (χ0) is 18.1. The first-order chi connectivity index (χ1) is 12.7. The summed E-state index contributed by atoms with van der Waals surface area (Å²) in [5.41, 5.74) is 1.44. The minimum absolute atomic E-state index is 0.111. The summed E-state index contributed by atoms with van der Waals surface area (Å²) in [4.78, 5) is 28.9. The van der Waals surface area contributed by atoms with Crippen LogP contribution in [0.15, 0.2) is 11.4 Å². The van der Waals surface area contributed by atoms with Gasteiger partial charge in [-0.3, -0.25) is 4.79 Å². The first kappa shape index (κ1) is 18.2. The predicted octanol–water partition coefficient (Wildman–Crippen LogP) is 3.21. The van der Waals surface area contributed by atoms with E-state index in [1.807, 2.05) is 23.2 Å². The summed E-state index contributed by atoms with van der Waals surface area (Å²) in [5, 5.41) is 2.09. The molecule has 140 valence electrons. The highest BCUT2D eigenvalue weighted by atomic mass is 32.2. The van der Waals surface area contributed by atoms with Crippen LogP contribution in [0.4, 0.5) is 0 Å². The lowest BCUT2D eigenvalue weighted by Gasteiger charge is -2.35. The molecule has 2 aliphatic rings. The molecule has 0 radical (unpaired) electrons. The van der Waals surface area contributed by atoms with E-state index in [0.29, 0.717) is 0 Å². The molecule has 0 aromatic carbocycles. The Morgan fingerprint density at radius 3 is 2.77 bits per heavy atom. The SMILES string of the molecule is CCN1CCN(C(=O)C(C)Sc2ncnc3sc4c(c23)CCCC4)CC1. The van der Waals surface area contributed by atoms with Gasteiger partial charge in [0.15, 0.2) is 0 Å². The van der Waals surface area contributed by atoms with Crippen molar-refractivity contribution < 1.29 is 4.79 Å². The molecule has 0 saturated carbocycles. The number of hydrogen-bond acceptors (Lipinski definition) is 6. The number of carbonyl (C=O) groups excluding carboxylic acids is 1. The summed E-state index contributed by atoms with van der Waals surface area (Å²) in [5.74, 6) is 0.238. The Morgan fingerprint density at radius 1 is 1.23 bits per heavy atom. The maximum absolute atomic E-state index is 12.9. The van der Waals surface area contributed by atoms with Crippen molar-refractivity contribution >= 4 is 39.2 Å². The molecule has 0 bridgehead atoms. The van der Waals surface area contributed by atoms with E-state index in [-0.39, 0.29) is 11.2 Å². The zero-order valence-corrected chi connectivity index (χ0v) is 17.2. The topological polar surface area (TPSA) is 49.3 Å². The molecule has 2 aromatic heterocycles. The number of piperazine rings is 1. The van der Waals surface area contributed by atoms with Crippen LogP contribution in [0.2, 0.25) is 0 Å². The summed E-state index contributed by atoms with van der Waals surface area (Å²) in [6, 6.07) is 0. The van der Waals surface area contributed by atoms with Crippen LogP contribution >= 0.6 is 23.1 Å². The molecule has 0 N–H and O–H groups in total. The fourth-order valence-corrected chi connectivity index (χ4v) is 6.23. The number of thioether (sulfide) groups is 1. The zero-order valence-electron chi connectivity index (χ0n) is 15.5. The maximum Gasteiger partial charge on any atom is 0.235 e. The van der Waals surface area contributed by atoms with Crippen molar-refractivity contribution in [2.45, 2.75) is 49.8 Å². The summed E-state index contributed by atoms with van der Waals surface area (Å²) in [6.45, 7) is 8.90. The minimum Gasteiger partial charge on any atom is -0.339 e. The smallest absolute Gasteiger partial charge is 0.235 e. The van der Waals surface area contributed by atoms with Crippen LogP contribution in [0.1, 0.15) is 37.1 Å². The van der Waals surface area contributed by atoms with Gasteiger partial charge in [-0.05, 0) is 44.7 Å². The molecule has 5 nitrogen and oxygen atoms in total. The highest BCUT2D eigenvalue weighted by molar-refractivity contribution is 8.00. The van der Waals surface area contributed by atoms with Crippen molar-refractivity contribution in [3.63, 3.8) is 0 Å². The molecule has 1 aliphatic carbocycles. The van der Waals surface area contributed by atoms with Gasteiger partial charge >= 0.3 is 0 Å². The molecule has 1 unspecified atom stereocenters. The molecular weight excluding hydrogens is 364 g/mol. The van der Waals surface area contributed by atoms with Crippen LogP contribution in [-0.4, -0.2) is 63.6 Å². The molecule has 0 spiro atoms. The van der Waals surface area contributed by atoms with Crippen molar-refractivity contribution in [1.29, 1.82) is 0 Å². The number of hydrogen-bond donors (Lipinski definition) is 0. The third-order valence-corrected chi connectivity index (χ3v) is 7.77. The van der Waals surface area contributed by atoms with E-state index < -0.39 is 0 Å². The molecule has 1 aliphatic heterocycles. The molecule has 1 saturated heterocycles. The molecule has 3 heterocycles. The Hall–Kier alpha value is -1.18. The summed E-state index contributed by atoms with van der Waals surface area (Å²) >= 11 is 3.42. The third kappa shape index (κ3) is 3.49. The van der Waals surface area contributed by atoms with Gasteiger partial charge in [-0.25, -0.2) is 9.97 Å². The molecule has 2 aromatic rings. The molecule has 1 amide bonds. The van der Waals surface area contributed by atoms with Crippen LogP contribution in [0.3, 0.4) is 0 Å². The highest BCUT2D eigenvalue weighted by Gasteiger charge is 2.27. The van der Waals surface area contributed by atoms with Crippen molar-refractivity contribution in [3.05, 3.63) is 16.8 Å². The number of carbonyl (C=O) groups is 1. The third-order valence-electron chi connectivity index (χ3n) is 5.48. The fraction of sp³-hybridized carbons (Fsp3) is 0.632. The number of amides is 1. The van der Waals surface area contributed by atoms with Crippen LogP contribution in [0.5, 0.6) is 0 Å². The first-order valence-corrected chi connectivity index (χ1v) is 11.3. The Kier molecular flexibility index (Phi) is 5.47. The lowest BCUT2D eigenvalue weighted by atomic mass is 9.97. The van der Waals surface area contributed by atoms with Crippen molar-refractivity contribution in [2.24, 2.45) is 0 Å². The molecule has 4 rings (SSSR count). The molecule has 1 fully saturated rings. The lowest BCUT2D eigenvalue weighted by Crippen LogP contribution is -2.50. The van der Waals surface area contributed by atoms with Crippen LogP contribution in [-0.2, 0) is 17.6 Å². The second-order valence-electron chi connectivity index (χ2n) is 7.09. The Morgan fingerprint density at radius 2 is 2.00 bits per heavy atom. The summed E-state index contributed by atoms with van der Waals surface area (Å²) in [6.07, 6.45) is 6.46. The molecule has 7 heteroatoms. The Bertz CT molecular complexity index is 798. The standard InChI is InChI=1S/C19H26N4OS2/c1-3-22-8-10-23(11-9-22)19(24)13(2)25-17-16-14-6-4-5-7-15(14)26-18(16)21-12-20-17/h12-13H,3-11H2,1-2H3. The van der Waals surface area contributed by atoms with E-state index in [1.54, 1.807) is 18.1 Å². The van der Waals surface area contributed by atoms with Crippen molar-refractivity contribution in [3.8, 4) is 0 Å². The first-order valence-electron chi connectivity index (χ1n) is 9.60. The van der Waals surface area contributed by atoms with Gasteiger partial charge in [-0.1, -0.05) is 18.7 Å². The van der Waals surface area contributed by atoms with E-state index in [4.69, 9.17) is 0 Å². The minimum atomic E-state index is -0.111. The van der Waals surface area contributed by atoms with Crippen molar-refractivity contribution in [1.82, 2.24) is 19.8 Å². The summed E-state index contributed by atoms with van der Waals surface area (Å²) < 4.78 is 0. The van der Waals surface area contributed by atoms with E-state index in [9.17, 15) is 4.79 Å². The normalized spacial score (nSPS) is 19.5. The Labute approximate surface area is 163 Å². The second kappa shape index (κ2) is 7.82. The second-order valence-corrected chi connectivity index (χ2v) is 9.50. The number of thiophene rings is 1. The van der Waals surface area contributed by atoms with Crippen LogP contribution < -0.4 is 0 Å². The average molecular weight is 391 g/mol. The number of rotatable bonds is 4. The number of nitrogens with zero attached hydrogens (tertiary/aromatic N) is 4. The average Bonchev–Trinajstić information content (AvgIpc) is 3.07. The highest BCUT2D eigenvalue weighted by Crippen LogP contribution is 2.40. The number of aryl methyl sites for hydroxylation is 2. The monoisotopic (exact) mass is 390 g/mol. The maximum atomic E-state index is 12.9. The molecule has 26 heavy (non-hydrogen) atoms. The lowest BCUT2D eigenvalue weighted by molar-refractivity contribution is -0.132. The number of likely N-dealkylation sites (N-methyl/N-ethyl adjacent to an activating group) is 1. The van der Waals surface area contributed by atoms with E-state index in [2.05, 4.69) is 21.8 Å². The van der Waals surface area contributed by atoms with Gasteiger partial charge < -0.3 is 9.80 Å². The number of fused-ring (bicyclic) bond motifs is 3. The van der Waals surface area contributed by atoms with Gasteiger partial charge in [0.05, 0.1) is 5.25 Å². The predicted molar refractivity (Wildman–Crippen MR) is 108 cm³/mol. The van der Waals surface area contributed by atoms with Gasteiger partial charge in [-0.15, -0.1) is 11.3 Å². The van der Waals surface area contributed by atoms with Gasteiger partial charge in [0.2, 0.25) is 5.91 Å².